The van der Waals surface area contributed by atoms with Crippen molar-refractivity contribution in [3.63, 3.8) is 0 Å². The van der Waals surface area contributed by atoms with Gasteiger partial charge in [-0.15, -0.1) is 0 Å². The van der Waals surface area contributed by atoms with Crippen molar-refractivity contribution in [3.05, 3.63) is 33.9 Å². The first kappa shape index (κ1) is 12.3. The summed E-state index contributed by atoms with van der Waals surface area (Å²) in [7, 11) is 1.49. The van der Waals surface area contributed by atoms with E-state index in [0.717, 1.165) is 0 Å². The predicted molar refractivity (Wildman–Crippen MR) is 62.7 cm³/mol. The van der Waals surface area contributed by atoms with Crippen LogP contribution in [0.1, 0.15) is 18.4 Å². The summed E-state index contributed by atoms with van der Waals surface area (Å²) in [6.45, 7) is 1.04. The molecule has 0 aromatic heterocycles. The van der Waals surface area contributed by atoms with Gasteiger partial charge in [-0.05, 0) is 13.0 Å². The van der Waals surface area contributed by atoms with E-state index in [0.29, 0.717) is 17.1 Å². The number of ketones is 1. The van der Waals surface area contributed by atoms with Crippen LogP contribution in [0, 0.1) is 10.1 Å². The molecule has 0 bridgehead atoms. The Labute approximate surface area is 104 Å². The van der Waals surface area contributed by atoms with Crippen molar-refractivity contribution in [2.45, 2.75) is 18.9 Å². The number of rotatable bonds is 4. The molecule has 6 heteroatoms. The van der Waals surface area contributed by atoms with Gasteiger partial charge in [0, 0.05) is 10.5 Å². The summed E-state index contributed by atoms with van der Waals surface area (Å²) in [5.74, 6) is 0.152. The van der Waals surface area contributed by atoms with Crippen molar-refractivity contribution in [1.82, 2.24) is 0 Å². The van der Waals surface area contributed by atoms with Crippen LogP contribution in [0.3, 0.4) is 0 Å². The maximum absolute atomic E-state index is 11.5. The Hall–Kier alpha value is -2.11. The molecule has 0 radical (unpaired) electrons. The second-order valence-corrected chi connectivity index (χ2v) is 4.15. The first-order valence-electron chi connectivity index (χ1n) is 5.50. The molecule has 96 valence electrons. The number of carbonyl (C=O) groups excluding carboxylic acids is 1. The molecule has 2 atom stereocenters. The van der Waals surface area contributed by atoms with Crippen LogP contribution in [0.15, 0.2) is 18.2 Å². The number of methoxy groups -OCH3 is 1. The van der Waals surface area contributed by atoms with Gasteiger partial charge in [0.05, 0.1) is 13.0 Å². The molecule has 0 saturated carbocycles. The molecular formula is C12H13NO5. The van der Waals surface area contributed by atoms with Crippen molar-refractivity contribution in [2.75, 3.05) is 13.7 Å². The van der Waals surface area contributed by atoms with E-state index < -0.39 is 16.9 Å². The number of nitrogens with zero attached hydrogens (tertiary/aromatic N) is 1. The molecular weight excluding hydrogens is 238 g/mol. The lowest BCUT2D eigenvalue weighted by atomic mass is 9.93. The van der Waals surface area contributed by atoms with Gasteiger partial charge < -0.3 is 9.47 Å². The van der Waals surface area contributed by atoms with E-state index >= 15 is 0 Å². The molecule has 1 aliphatic heterocycles. The lowest BCUT2D eigenvalue weighted by Gasteiger charge is -2.12. The minimum atomic E-state index is -0.804. The number of carbonyl (C=O) groups is 1. The Bertz CT molecular complexity index is 499. The maximum atomic E-state index is 11.5. The minimum Gasteiger partial charge on any atom is -0.493 e. The average Bonchev–Trinajstić information content (AvgIpc) is 2.67. The third-order valence-corrected chi connectivity index (χ3v) is 2.99. The van der Waals surface area contributed by atoms with Crippen LogP contribution >= 0.6 is 0 Å². The van der Waals surface area contributed by atoms with Crippen LogP contribution in [0.4, 0.5) is 0 Å². The predicted octanol–water partition coefficient (Wildman–Crippen LogP) is 1.41. The second-order valence-electron chi connectivity index (χ2n) is 4.15. The van der Waals surface area contributed by atoms with Crippen LogP contribution in [-0.2, 0) is 4.79 Å². The van der Waals surface area contributed by atoms with E-state index in [1.165, 1.54) is 14.0 Å². The van der Waals surface area contributed by atoms with Crippen LogP contribution in [-0.4, -0.2) is 30.5 Å². The Balaban J connectivity index is 2.44. The van der Waals surface area contributed by atoms with Crippen LogP contribution in [0.2, 0.25) is 0 Å². The molecule has 18 heavy (non-hydrogen) atoms. The summed E-state index contributed by atoms with van der Waals surface area (Å²) in [6, 6.07) is 5.16. The molecule has 2 rings (SSSR count). The van der Waals surface area contributed by atoms with Gasteiger partial charge in [-0.2, -0.15) is 0 Å². The lowest BCUT2D eigenvalue weighted by Crippen LogP contribution is -2.31. The number of benzene rings is 1. The van der Waals surface area contributed by atoms with Gasteiger partial charge in [0.1, 0.15) is 0 Å². The van der Waals surface area contributed by atoms with E-state index in [2.05, 4.69) is 0 Å². The number of hydrogen-bond donors (Lipinski definition) is 0. The highest BCUT2D eigenvalue weighted by atomic mass is 16.6. The molecule has 0 N–H and O–H groups in total. The summed E-state index contributed by atoms with van der Waals surface area (Å²) in [5.41, 5.74) is 0.659. The van der Waals surface area contributed by atoms with Gasteiger partial charge in [0.15, 0.2) is 23.4 Å². The first-order valence-corrected chi connectivity index (χ1v) is 5.50. The molecule has 0 fully saturated rings. The fraction of sp³-hybridized carbons (Fsp3) is 0.417. The number of ether oxygens (including phenoxy) is 2. The van der Waals surface area contributed by atoms with E-state index in [4.69, 9.17) is 9.47 Å². The fourth-order valence-corrected chi connectivity index (χ4v) is 2.20. The minimum absolute atomic E-state index is 0.222. The van der Waals surface area contributed by atoms with Gasteiger partial charge >= 0.3 is 0 Å². The average molecular weight is 251 g/mol. The third kappa shape index (κ3) is 2.01. The number of para-hydroxylation sites is 1. The largest absolute Gasteiger partial charge is 0.493 e. The Morgan fingerprint density at radius 1 is 1.56 bits per heavy atom. The van der Waals surface area contributed by atoms with Crippen molar-refractivity contribution in [3.8, 4) is 11.5 Å². The number of nitro groups is 1. The zero-order valence-electron chi connectivity index (χ0n) is 10.1. The SMILES string of the molecule is COc1cccc2c1O[C@@H](C(C)=O)[C@@H]2C[N+](=O)[O-]. The van der Waals surface area contributed by atoms with Gasteiger partial charge in [0.2, 0.25) is 6.54 Å². The summed E-state index contributed by atoms with van der Waals surface area (Å²) >= 11 is 0. The third-order valence-electron chi connectivity index (χ3n) is 2.99. The molecule has 0 spiro atoms. The summed E-state index contributed by atoms with van der Waals surface area (Å²) < 4.78 is 10.7. The van der Waals surface area contributed by atoms with Gasteiger partial charge in [-0.3, -0.25) is 14.9 Å². The summed E-state index contributed by atoms with van der Waals surface area (Å²) in [4.78, 5) is 21.8. The highest BCUT2D eigenvalue weighted by Crippen LogP contribution is 2.44. The van der Waals surface area contributed by atoms with E-state index in [-0.39, 0.29) is 12.3 Å². The van der Waals surface area contributed by atoms with Crippen molar-refractivity contribution in [2.24, 2.45) is 0 Å². The van der Waals surface area contributed by atoms with Crippen molar-refractivity contribution >= 4 is 5.78 Å². The quantitative estimate of drug-likeness (QED) is 0.597. The van der Waals surface area contributed by atoms with Crippen LogP contribution < -0.4 is 9.47 Å². The maximum Gasteiger partial charge on any atom is 0.214 e. The Kier molecular flexibility index (Phi) is 3.18. The standard InChI is InChI=1S/C12H13NO5/c1-7(14)11-9(6-13(15)16)8-4-3-5-10(17-2)12(8)18-11/h3-5,9,11H,6H2,1-2H3/t9-,11+/m1/s1. The summed E-state index contributed by atoms with van der Waals surface area (Å²) in [6.07, 6.45) is -0.804. The molecule has 0 unspecified atom stereocenters. The second kappa shape index (κ2) is 4.64. The van der Waals surface area contributed by atoms with Crippen LogP contribution in [0.5, 0.6) is 11.5 Å². The molecule has 0 saturated heterocycles. The Morgan fingerprint density at radius 3 is 2.83 bits per heavy atom. The molecule has 1 heterocycles. The normalized spacial score (nSPS) is 21.0. The van der Waals surface area contributed by atoms with E-state index in [1.54, 1.807) is 18.2 Å². The van der Waals surface area contributed by atoms with Crippen molar-refractivity contribution in [1.29, 1.82) is 0 Å². The van der Waals surface area contributed by atoms with Crippen molar-refractivity contribution < 1.29 is 19.2 Å². The zero-order chi connectivity index (χ0) is 13.3. The molecule has 0 aliphatic carbocycles. The highest BCUT2D eigenvalue weighted by molar-refractivity contribution is 5.83. The molecule has 0 amide bonds. The topological polar surface area (TPSA) is 78.7 Å². The number of hydrogen-bond acceptors (Lipinski definition) is 5. The lowest BCUT2D eigenvalue weighted by molar-refractivity contribution is -0.484. The molecule has 1 aromatic rings. The monoisotopic (exact) mass is 251 g/mol. The molecule has 6 nitrogen and oxygen atoms in total. The van der Waals surface area contributed by atoms with Gasteiger partial charge in [-0.25, -0.2) is 0 Å². The van der Waals surface area contributed by atoms with E-state index in [1.807, 2.05) is 0 Å². The first-order chi connectivity index (χ1) is 8.54. The molecule has 1 aliphatic rings. The van der Waals surface area contributed by atoms with Crippen LogP contribution in [0.25, 0.3) is 0 Å². The van der Waals surface area contributed by atoms with E-state index in [9.17, 15) is 14.9 Å². The summed E-state index contributed by atoms with van der Waals surface area (Å²) in [5, 5.41) is 10.7. The number of Topliss-reactive ketones (excluding diaryl/α,β-unsaturated/α-hetero) is 1. The van der Waals surface area contributed by atoms with Gasteiger partial charge in [-0.1, -0.05) is 12.1 Å². The Morgan fingerprint density at radius 2 is 2.28 bits per heavy atom. The fourth-order valence-electron chi connectivity index (χ4n) is 2.20. The zero-order valence-corrected chi connectivity index (χ0v) is 10.1. The number of fused-ring (bicyclic) bond motifs is 1. The highest BCUT2D eigenvalue weighted by Gasteiger charge is 2.42. The smallest absolute Gasteiger partial charge is 0.214 e. The molecule has 1 aromatic carbocycles. The van der Waals surface area contributed by atoms with Gasteiger partial charge in [0.25, 0.3) is 0 Å².